The number of aliphatic hydroxyl groups is 1. The van der Waals surface area contributed by atoms with E-state index in [-0.39, 0.29) is 12.7 Å². The molecule has 0 aromatic heterocycles. The van der Waals surface area contributed by atoms with Crippen LogP contribution < -0.4 is 0 Å². The van der Waals surface area contributed by atoms with Gasteiger partial charge >= 0.3 is 0 Å². The molecule has 1 N–H and O–H groups in total. The van der Waals surface area contributed by atoms with Crippen molar-refractivity contribution < 1.29 is 9.84 Å². The highest BCUT2D eigenvalue weighted by Crippen LogP contribution is 2.19. The molecule has 0 radical (unpaired) electrons. The van der Waals surface area contributed by atoms with E-state index in [9.17, 15) is 0 Å². The summed E-state index contributed by atoms with van der Waals surface area (Å²) in [7, 11) is 0. The molecule has 13 heavy (non-hydrogen) atoms. The van der Waals surface area contributed by atoms with E-state index in [1.165, 1.54) is 0 Å². The lowest BCUT2D eigenvalue weighted by Crippen LogP contribution is -2.32. The third-order valence-electron chi connectivity index (χ3n) is 2.76. The number of hydrogen-bond acceptors (Lipinski definition) is 3. The molecule has 0 saturated carbocycles. The topological polar surface area (TPSA) is 32.7 Å². The molecule has 0 bridgehead atoms. The highest BCUT2D eigenvalue weighted by Gasteiger charge is 2.25. The lowest BCUT2D eigenvalue weighted by molar-refractivity contribution is -0.00206. The zero-order chi connectivity index (χ0) is 9.68. The molecule has 1 heterocycles. The quantitative estimate of drug-likeness (QED) is 0.693. The van der Waals surface area contributed by atoms with E-state index < -0.39 is 0 Å². The molecule has 0 aromatic rings. The Balaban J connectivity index is 2.22. The van der Waals surface area contributed by atoms with Crippen molar-refractivity contribution in [1.82, 2.24) is 4.90 Å². The standard InChI is InChI=1S/C10H21NO2/c1-3-11(4-2)7-9-5-6-10(8-12)13-9/h9-10,12H,3-8H2,1-2H3/t9-,10+/m0/s1. The fourth-order valence-electron chi connectivity index (χ4n) is 1.82. The van der Waals surface area contributed by atoms with E-state index in [1.54, 1.807) is 0 Å². The zero-order valence-electron chi connectivity index (χ0n) is 8.70. The molecule has 2 atom stereocenters. The summed E-state index contributed by atoms with van der Waals surface area (Å²) in [6.07, 6.45) is 2.56. The van der Waals surface area contributed by atoms with Gasteiger partial charge in [-0.2, -0.15) is 0 Å². The fourth-order valence-corrected chi connectivity index (χ4v) is 1.82. The van der Waals surface area contributed by atoms with Crippen LogP contribution in [0, 0.1) is 0 Å². The number of aliphatic hydroxyl groups excluding tert-OH is 1. The average Bonchev–Trinajstić information content (AvgIpc) is 2.61. The molecule has 1 fully saturated rings. The largest absolute Gasteiger partial charge is 0.394 e. The molecule has 0 aliphatic carbocycles. The molecular weight excluding hydrogens is 166 g/mol. The van der Waals surface area contributed by atoms with Gasteiger partial charge in [-0.3, -0.25) is 0 Å². The molecule has 78 valence electrons. The van der Waals surface area contributed by atoms with Gasteiger partial charge in [-0.15, -0.1) is 0 Å². The Bertz CT molecular complexity index is 137. The first-order valence-corrected chi connectivity index (χ1v) is 5.28. The lowest BCUT2D eigenvalue weighted by Gasteiger charge is -2.22. The molecule has 1 aliphatic heterocycles. The molecular formula is C10H21NO2. The van der Waals surface area contributed by atoms with Gasteiger partial charge in [0, 0.05) is 6.54 Å². The molecule has 3 nitrogen and oxygen atoms in total. The maximum atomic E-state index is 8.89. The van der Waals surface area contributed by atoms with Gasteiger partial charge in [0.25, 0.3) is 0 Å². The van der Waals surface area contributed by atoms with Crippen LogP contribution in [-0.2, 0) is 4.74 Å². The normalized spacial score (nSPS) is 28.6. The van der Waals surface area contributed by atoms with Crippen molar-refractivity contribution in [3.63, 3.8) is 0 Å². The van der Waals surface area contributed by atoms with E-state index in [2.05, 4.69) is 18.7 Å². The lowest BCUT2D eigenvalue weighted by atomic mass is 10.2. The summed E-state index contributed by atoms with van der Waals surface area (Å²) in [5, 5.41) is 8.89. The van der Waals surface area contributed by atoms with Gasteiger partial charge in [0.15, 0.2) is 0 Å². The summed E-state index contributed by atoms with van der Waals surface area (Å²) < 4.78 is 5.65. The monoisotopic (exact) mass is 187 g/mol. The van der Waals surface area contributed by atoms with Crippen molar-refractivity contribution in [2.75, 3.05) is 26.2 Å². The summed E-state index contributed by atoms with van der Waals surface area (Å²) in [6, 6.07) is 0. The van der Waals surface area contributed by atoms with Crippen molar-refractivity contribution in [1.29, 1.82) is 0 Å². The smallest absolute Gasteiger partial charge is 0.0811 e. The summed E-state index contributed by atoms with van der Waals surface area (Å²) in [5.74, 6) is 0. The summed E-state index contributed by atoms with van der Waals surface area (Å²) in [6.45, 7) is 7.70. The van der Waals surface area contributed by atoms with E-state index >= 15 is 0 Å². The third-order valence-corrected chi connectivity index (χ3v) is 2.76. The summed E-state index contributed by atoms with van der Waals surface area (Å²) in [4.78, 5) is 2.37. The van der Waals surface area contributed by atoms with Crippen molar-refractivity contribution in [2.24, 2.45) is 0 Å². The predicted molar refractivity (Wildman–Crippen MR) is 52.8 cm³/mol. The first kappa shape index (κ1) is 11.0. The Kier molecular flexibility index (Phi) is 4.70. The Hall–Kier alpha value is -0.120. The summed E-state index contributed by atoms with van der Waals surface area (Å²) >= 11 is 0. The maximum absolute atomic E-state index is 8.89. The van der Waals surface area contributed by atoms with Crippen molar-refractivity contribution in [3.05, 3.63) is 0 Å². The zero-order valence-corrected chi connectivity index (χ0v) is 8.70. The van der Waals surface area contributed by atoms with Crippen molar-refractivity contribution >= 4 is 0 Å². The molecule has 0 aromatic carbocycles. The van der Waals surface area contributed by atoms with Crippen LogP contribution in [0.15, 0.2) is 0 Å². The minimum absolute atomic E-state index is 0.0977. The molecule has 0 spiro atoms. The van der Waals surface area contributed by atoms with Crippen LogP contribution in [0.25, 0.3) is 0 Å². The van der Waals surface area contributed by atoms with Gasteiger partial charge in [-0.05, 0) is 25.9 Å². The number of rotatable bonds is 5. The molecule has 1 aliphatic rings. The van der Waals surface area contributed by atoms with Crippen LogP contribution in [-0.4, -0.2) is 48.5 Å². The maximum Gasteiger partial charge on any atom is 0.0811 e. The predicted octanol–water partition coefficient (Wildman–Crippen LogP) is 0.868. The van der Waals surface area contributed by atoms with Crippen molar-refractivity contribution in [3.8, 4) is 0 Å². The van der Waals surface area contributed by atoms with Gasteiger partial charge in [-0.1, -0.05) is 13.8 Å². The summed E-state index contributed by atoms with van der Waals surface area (Å²) in [5.41, 5.74) is 0. The Morgan fingerprint density at radius 1 is 1.23 bits per heavy atom. The van der Waals surface area contributed by atoms with Crippen LogP contribution >= 0.6 is 0 Å². The first-order valence-electron chi connectivity index (χ1n) is 5.28. The molecule has 1 saturated heterocycles. The Labute approximate surface area is 80.7 Å². The molecule has 0 unspecified atom stereocenters. The number of hydrogen-bond donors (Lipinski definition) is 1. The van der Waals surface area contributed by atoms with Gasteiger partial charge in [0.05, 0.1) is 18.8 Å². The van der Waals surface area contributed by atoms with Gasteiger partial charge in [-0.25, -0.2) is 0 Å². The van der Waals surface area contributed by atoms with Crippen LogP contribution in [0.2, 0.25) is 0 Å². The van der Waals surface area contributed by atoms with Crippen LogP contribution in [0.5, 0.6) is 0 Å². The number of likely N-dealkylation sites (N-methyl/N-ethyl adjacent to an activating group) is 1. The average molecular weight is 187 g/mol. The molecule has 0 amide bonds. The van der Waals surface area contributed by atoms with Gasteiger partial charge < -0.3 is 14.7 Å². The van der Waals surface area contributed by atoms with E-state index in [0.717, 1.165) is 32.5 Å². The number of nitrogens with zero attached hydrogens (tertiary/aromatic N) is 1. The van der Waals surface area contributed by atoms with Crippen LogP contribution in [0.3, 0.4) is 0 Å². The molecule has 3 heteroatoms. The van der Waals surface area contributed by atoms with Crippen molar-refractivity contribution in [2.45, 2.75) is 38.9 Å². The van der Waals surface area contributed by atoms with E-state index in [4.69, 9.17) is 9.84 Å². The van der Waals surface area contributed by atoms with Gasteiger partial charge in [0.1, 0.15) is 0 Å². The van der Waals surface area contributed by atoms with Crippen LogP contribution in [0.4, 0.5) is 0 Å². The van der Waals surface area contributed by atoms with E-state index in [0.29, 0.717) is 6.10 Å². The first-order chi connectivity index (χ1) is 6.30. The minimum atomic E-state index is 0.0977. The SMILES string of the molecule is CCN(CC)C[C@@H]1CC[C@H](CO)O1. The second kappa shape index (κ2) is 5.58. The van der Waals surface area contributed by atoms with Gasteiger partial charge in [0.2, 0.25) is 0 Å². The van der Waals surface area contributed by atoms with E-state index in [1.807, 2.05) is 0 Å². The highest BCUT2D eigenvalue weighted by atomic mass is 16.5. The third kappa shape index (κ3) is 3.25. The second-order valence-electron chi connectivity index (χ2n) is 3.63. The highest BCUT2D eigenvalue weighted by molar-refractivity contribution is 4.75. The number of ether oxygens (including phenoxy) is 1. The Morgan fingerprint density at radius 3 is 2.31 bits per heavy atom. The second-order valence-corrected chi connectivity index (χ2v) is 3.63. The van der Waals surface area contributed by atoms with Crippen LogP contribution in [0.1, 0.15) is 26.7 Å². The molecule has 1 rings (SSSR count). The fraction of sp³-hybridized carbons (Fsp3) is 1.00. The Morgan fingerprint density at radius 2 is 1.85 bits per heavy atom. The minimum Gasteiger partial charge on any atom is -0.394 e.